The molecule has 0 amide bonds. The highest BCUT2D eigenvalue weighted by Gasteiger charge is 2.24. The predicted molar refractivity (Wildman–Crippen MR) is 62.6 cm³/mol. The van der Waals surface area contributed by atoms with E-state index in [0.717, 1.165) is 6.04 Å². The van der Waals surface area contributed by atoms with Crippen molar-refractivity contribution in [1.82, 2.24) is 10.2 Å². The minimum atomic E-state index is 0.692. The summed E-state index contributed by atoms with van der Waals surface area (Å²) in [5, 5.41) is 3.72. The average Bonchev–Trinajstić information content (AvgIpc) is 2.53. The van der Waals surface area contributed by atoms with E-state index in [1.807, 2.05) is 0 Å². The van der Waals surface area contributed by atoms with Gasteiger partial charge in [-0.1, -0.05) is 13.3 Å². The van der Waals surface area contributed by atoms with Gasteiger partial charge in [-0.05, 0) is 40.2 Å². The Morgan fingerprint density at radius 3 is 2.57 bits per heavy atom. The van der Waals surface area contributed by atoms with Crippen molar-refractivity contribution in [3.63, 3.8) is 0 Å². The number of hydrogen-bond acceptors (Lipinski definition) is 2. The van der Waals surface area contributed by atoms with E-state index in [1.54, 1.807) is 0 Å². The molecule has 1 rings (SSSR count). The molecule has 2 heteroatoms. The lowest BCUT2D eigenvalue weighted by molar-refractivity contribution is 0.265. The van der Waals surface area contributed by atoms with Crippen molar-refractivity contribution in [2.45, 2.75) is 65.1 Å². The third-order valence-electron chi connectivity index (χ3n) is 3.19. The van der Waals surface area contributed by atoms with E-state index in [9.17, 15) is 0 Å². The van der Waals surface area contributed by atoms with Gasteiger partial charge >= 0.3 is 0 Å². The second-order valence-electron chi connectivity index (χ2n) is 4.93. The molecule has 1 N–H and O–H groups in total. The summed E-state index contributed by atoms with van der Waals surface area (Å²) in [5.74, 6) is 0. The summed E-state index contributed by atoms with van der Waals surface area (Å²) >= 11 is 0. The smallest absolute Gasteiger partial charge is 0.0209 e. The summed E-state index contributed by atoms with van der Waals surface area (Å²) < 4.78 is 0. The van der Waals surface area contributed by atoms with Gasteiger partial charge in [0.05, 0.1) is 0 Å². The topological polar surface area (TPSA) is 15.3 Å². The molecule has 0 aliphatic carbocycles. The molecular weight excluding hydrogens is 172 g/mol. The van der Waals surface area contributed by atoms with Crippen LogP contribution in [0.25, 0.3) is 0 Å². The van der Waals surface area contributed by atoms with Crippen molar-refractivity contribution in [1.29, 1.82) is 0 Å². The third kappa shape index (κ3) is 3.58. The van der Waals surface area contributed by atoms with Gasteiger partial charge in [0.1, 0.15) is 0 Å². The highest BCUT2D eigenvalue weighted by Crippen LogP contribution is 2.13. The molecule has 1 aliphatic rings. The fourth-order valence-electron chi connectivity index (χ4n) is 2.31. The molecule has 1 fully saturated rings. The van der Waals surface area contributed by atoms with E-state index >= 15 is 0 Å². The van der Waals surface area contributed by atoms with Gasteiger partial charge in [-0.15, -0.1) is 0 Å². The first-order valence-corrected chi connectivity index (χ1v) is 6.13. The number of nitrogens with one attached hydrogen (secondary N) is 1. The SMILES string of the molecule is CCCC(C)NC1CCN(C(C)C)C1. The minimum Gasteiger partial charge on any atom is -0.310 e. The molecule has 0 spiro atoms. The molecule has 1 aliphatic heterocycles. The molecule has 0 aromatic rings. The summed E-state index contributed by atoms with van der Waals surface area (Å²) in [5.41, 5.74) is 0. The van der Waals surface area contributed by atoms with Crippen molar-refractivity contribution in [2.75, 3.05) is 13.1 Å². The molecule has 84 valence electrons. The second kappa shape index (κ2) is 5.72. The molecule has 1 heterocycles. The summed E-state index contributed by atoms with van der Waals surface area (Å²) in [6, 6.07) is 2.14. The molecule has 2 nitrogen and oxygen atoms in total. The maximum atomic E-state index is 3.72. The molecule has 0 aromatic carbocycles. The Hall–Kier alpha value is -0.0800. The number of rotatable bonds is 5. The van der Waals surface area contributed by atoms with Crippen LogP contribution in [0.4, 0.5) is 0 Å². The molecule has 0 bridgehead atoms. The Morgan fingerprint density at radius 1 is 1.36 bits per heavy atom. The van der Waals surface area contributed by atoms with Gasteiger partial charge in [-0.25, -0.2) is 0 Å². The molecule has 0 radical (unpaired) electrons. The number of likely N-dealkylation sites (tertiary alicyclic amines) is 1. The molecule has 0 saturated carbocycles. The Balaban J connectivity index is 2.21. The maximum absolute atomic E-state index is 3.72. The van der Waals surface area contributed by atoms with Gasteiger partial charge in [0, 0.05) is 24.7 Å². The monoisotopic (exact) mass is 198 g/mol. The molecular formula is C12H26N2. The van der Waals surface area contributed by atoms with Crippen molar-refractivity contribution < 1.29 is 0 Å². The number of hydrogen-bond donors (Lipinski definition) is 1. The normalized spacial score (nSPS) is 25.9. The van der Waals surface area contributed by atoms with Crippen LogP contribution in [-0.2, 0) is 0 Å². The van der Waals surface area contributed by atoms with Gasteiger partial charge < -0.3 is 5.32 Å². The van der Waals surface area contributed by atoms with Crippen LogP contribution in [0.1, 0.15) is 47.0 Å². The first-order valence-electron chi connectivity index (χ1n) is 6.13. The van der Waals surface area contributed by atoms with E-state index in [4.69, 9.17) is 0 Å². The van der Waals surface area contributed by atoms with Gasteiger partial charge in [0.15, 0.2) is 0 Å². The van der Waals surface area contributed by atoms with Crippen molar-refractivity contribution in [3.8, 4) is 0 Å². The fraction of sp³-hybridized carbons (Fsp3) is 1.00. The zero-order valence-corrected chi connectivity index (χ0v) is 10.2. The van der Waals surface area contributed by atoms with E-state index < -0.39 is 0 Å². The lowest BCUT2D eigenvalue weighted by atomic mass is 10.1. The van der Waals surface area contributed by atoms with Crippen LogP contribution in [0.2, 0.25) is 0 Å². The highest BCUT2D eigenvalue weighted by molar-refractivity contribution is 4.84. The van der Waals surface area contributed by atoms with E-state index in [-0.39, 0.29) is 0 Å². The maximum Gasteiger partial charge on any atom is 0.0209 e. The lowest BCUT2D eigenvalue weighted by Crippen LogP contribution is -2.39. The van der Waals surface area contributed by atoms with Gasteiger partial charge in [-0.3, -0.25) is 4.90 Å². The van der Waals surface area contributed by atoms with E-state index in [0.29, 0.717) is 12.1 Å². The van der Waals surface area contributed by atoms with Crippen LogP contribution in [0.3, 0.4) is 0 Å². The van der Waals surface area contributed by atoms with Crippen molar-refractivity contribution in [3.05, 3.63) is 0 Å². The zero-order chi connectivity index (χ0) is 10.6. The van der Waals surface area contributed by atoms with Crippen LogP contribution in [0.5, 0.6) is 0 Å². The molecule has 2 unspecified atom stereocenters. The van der Waals surface area contributed by atoms with Crippen LogP contribution >= 0.6 is 0 Å². The summed E-state index contributed by atoms with van der Waals surface area (Å²) in [7, 11) is 0. The molecule has 1 saturated heterocycles. The van der Waals surface area contributed by atoms with Crippen LogP contribution in [-0.4, -0.2) is 36.1 Å². The fourth-order valence-corrected chi connectivity index (χ4v) is 2.31. The zero-order valence-electron chi connectivity index (χ0n) is 10.2. The third-order valence-corrected chi connectivity index (χ3v) is 3.19. The van der Waals surface area contributed by atoms with E-state index in [1.165, 1.54) is 32.4 Å². The Kier molecular flexibility index (Phi) is 4.90. The van der Waals surface area contributed by atoms with Crippen molar-refractivity contribution >= 4 is 0 Å². The van der Waals surface area contributed by atoms with E-state index in [2.05, 4.69) is 37.9 Å². The van der Waals surface area contributed by atoms with Crippen LogP contribution < -0.4 is 5.32 Å². The Labute approximate surface area is 89.1 Å². The first kappa shape index (κ1) is 12.0. The molecule has 2 atom stereocenters. The van der Waals surface area contributed by atoms with Crippen molar-refractivity contribution in [2.24, 2.45) is 0 Å². The van der Waals surface area contributed by atoms with Gasteiger partial charge in [0.25, 0.3) is 0 Å². The Morgan fingerprint density at radius 2 is 2.07 bits per heavy atom. The largest absolute Gasteiger partial charge is 0.310 e. The van der Waals surface area contributed by atoms with Gasteiger partial charge in [-0.2, -0.15) is 0 Å². The standard InChI is InChI=1S/C12H26N2/c1-5-6-11(4)13-12-7-8-14(9-12)10(2)3/h10-13H,5-9H2,1-4H3. The average molecular weight is 198 g/mol. The Bertz CT molecular complexity index is 156. The van der Waals surface area contributed by atoms with Gasteiger partial charge in [0.2, 0.25) is 0 Å². The predicted octanol–water partition coefficient (Wildman–Crippen LogP) is 2.25. The summed E-state index contributed by atoms with van der Waals surface area (Å²) in [6.07, 6.45) is 3.92. The lowest BCUT2D eigenvalue weighted by Gasteiger charge is -2.22. The molecule has 0 aromatic heterocycles. The van der Waals surface area contributed by atoms with Crippen LogP contribution in [0, 0.1) is 0 Å². The summed E-state index contributed by atoms with van der Waals surface area (Å²) in [6.45, 7) is 11.7. The number of nitrogens with zero attached hydrogens (tertiary/aromatic N) is 1. The second-order valence-corrected chi connectivity index (χ2v) is 4.93. The quantitative estimate of drug-likeness (QED) is 0.729. The highest BCUT2D eigenvalue weighted by atomic mass is 15.2. The summed E-state index contributed by atoms with van der Waals surface area (Å²) in [4.78, 5) is 2.57. The first-order chi connectivity index (χ1) is 6.63. The van der Waals surface area contributed by atoms with Crippen LogP contribution in [0.15, 0.2) is 0 Å². The molecule has 14 heavy (non-hydrogen) atoms. The minimum absolute atomic E-state index is 0.692.